The van der Waals surface area contributed by atoms with Crippen LogP contribution in [0.1, 0.15) is 18.1 Å². The van der Waals surface area contributed by atoms with Crippen molar-refractivity contribution in [3.05, 3.63) is 75.8 Å². The van der Waals surface area contributed by atoms with Crippen LogP contribution in [-0.2, 0) is 20.7 Å². The maximum absolute atomic E-state index is 12.5. The van der Waals surface area contributed by atoms with Gasteiger partial charge in [-0.3, -0.25) is 14.9 Å². The van der Waals surface area contributed by atoms with Gasteiger partial charge in [0.1, 0.15) is 0 Å². The van der Waals surface area contributed by atoms with Crippen LogP contribution in [0.5, 0.6) is 0 Å². The predicted molar refractivity (Wildman–Crippen MR) is 100 cm³/mol. The van der Waals surface area contributed by atoms with Crippen LogP contribution in [-0.4, -0.2) is 29.4 Å². The molecular weight excluding hydrogens is 348 g/mol. The van der Waals surface area contributed by atoms with Crippen LogP contribution in [0.25, 0.3) is 6.08 Å². The molecular formula is C20H18N2O5. The average molecular weight is 366 g/mol. The van der Waals surface area contributed by atoms with Gasteiger partial charge in [0.2, 0.25) is 0 Å². The molecule has 1 aliphatic heterocycles. The summed E-state index contributed by atoms with van der Waals surface area (Å²) in [5.41, 5.74) is 2.54. The van der Waals surface area contributed by atoms with Crippen molar-refractivity contribution in [2.24, 2.45) is 0 Å². The van der Waals surface area contributed by atoms with Gasteiger partial charge >= 0.3 is 5.97 Å². The fraction of sp³-hybridized carbons (Fsp3) is 0.200. The van der Waals surface area contributed by atoms with Crippen molar-refractivity contribution in [3.8, 4) is 0 Å². The number of anilines is 1. The molecule has 0 spiro atoms. The Morgan fingerprint density at radius 2 is 1.93 bits per heavy atom. The summed E-state index contributed by atoms with van der Waals surface area (Å²) in [7, 11) is 0. The number of nitrogens with zero attached hydrogens (tertiary/aromatic N) is 2. The standard InChI is InChI=1S/C20H18N2O5/c1-14-12-16-4-2-3-5-18(16)21(14)19(23)13-27-20(24)11-8-15-6-9-17(10-7-15)22(25)26/h2-11,14H,12-13H2,1H3/b11-8+. The Morgan fingerprint density at radius 1 is 1.22 bits per heavy atom. The van der Waals surface area contributed by atoms with E-state index in [0.717, 1.165) is 17.7 Å². The summed E-state index contributed by atoms with van der Waals surface area (Å²) in [5.74, 6) is -0.925. The molecule has 3 rings (SSSR count). The molecule has 7 heteroatoms. The van der Waals surface area contributed by atoms with Gasteiger partial charge in [-0.1, -0.05) is 18.2 Å². The van der Waals surface area contributed by atoms with Gasteiger partial charge in [0.25, 0.3) is 11.6 Å². The summed E-state index contributed by atoms with van der Waals surface area (Å²) in [5, 5.41) is 10.6. The predicted octanol–water partition coefficient (Wildman–Crippen LogP) is 3.13. The number of amides is 1. The molecule has 1 amide bonds. The normalized spacial score (nSPS) is 15.6. The Bertz CT molecular complexity index is 905. The van der Waals surface area contributed by atoms with Crippen molar-refractivity contribution in [2.45, 2.75) is 19.4 Å². The number of hydrogen-bond donors (Lipinski definition) is 0. The third kappa shape index (κ3) is 4.20. The second-order valence-electron chi connectivity index (χ2n) is 6.24. The first-order valence-corrected chi connectivity index (χ1v) is 8.45. The number of fused-ring (bicyclic) bond motifs is 1. The molecule has 1 aliphatic rings. The molecule has 0 aliphatic carbocycles. The smallest absolute Gasteiger partial charge is 0.331 e. The monoisotopic (exact) mass is 366 g/mol. The van der Waals surface area contributed by atoms with E-state index in [4.69, 9.17) is 4.74 Å². The van der Waals surface area contributed by atoms with Gasteiger partial charge in [-0.2, -0.15) is 0 Å². The van der Waals surface area contributed by atoms with Crippen LogP contribution in [0.15, 0.2) is 54.6 Å². The molecule has 138 valence electrons. The molecule has 0 saturated heterocycles. The Morgan fingerprint density at radius 3 is 2.63 bits per heavy atom. The van der Waals surface area contributed by atoms with E-state index in [9.17, 15) is 19.7 Å². The van der Waals surface area contributed by atoms with Crippen molar-refractivity contribution in [1.82, 2.24) is 0 Å². The quantitative estimate of drug-likeness (QED) is 0.351. The summed E-state index contributed by atoms with van der Waals surface area (Å²) in [6.45, 7) is 1.61. The van der Waals surface area contributed by atoms with Crippen LogP contribution in [0.4, 0.5) is 11.4 Å². The molecule has 2 aromatic carbocycles. The molecule has 2 aromatic rings. The van der Waals surface area contributed by atoms with Crippen LogP contribution >= 0.6 is 0 Å². The molecule has 0 saturated carbocycles. The Balaban J connectivity index is 1.56. The minimum absolute atomic E-state index is 0.0178. The second kappa shape index (κ2) is 7.82. The average Bonchev–Trinajstić information content (AvgIpc) is 3.00. The molecule has 27 heavy (non-hydrogen) atoms. The van der Waals surface area contributed by atoms with E-state index in [1.165, 1.54) is 36.4 Å². The highest BCUT2D eigenvalue weighted by atomic mass is 16.6. The lowest BCUT2D eigenvalue weighted by Gasteiger charge is -2.22. The number of rotatable bonds is 5. The topological polar surface area (TPSA) is 89.8 Å². The third-order valence-electron chi connectivity index (χ3n) is 4.33. The fourth-order valence-corrected chi connectivity index (χ4v) is 3.07. The molecule has 0 fully saturated rings. The number of hydrogen-bond acceptors (Lipinski definition) is 5. The van der Waals surface area contributed by atoms with Gasteiger partial charge in [-0.25, -0.2) is 4.79 Å². The van der Waals surface area contributed by atoms with E-state index in [2.05, 4.69) is 0 Å². The molecule has 1 unspecified atom stereocenters. The van der Waals surface area contributed by atoms with Crippen molar-refractivity contribution < 1.29 is 19.2 Å². The third-order valence-corrected chi connectivity index (χ3v) is 4.33. The molecule has 0 aromatic heterocycles. The summed E-state index contributed by atoms with van der Waals surface area (Å²) < 4.78 is 5.04. The first kappa shape index (κ1) is 18.3. The van der Waals surface area contributed by atoms with E-state index >= 15 is 0 Å². The number of carbonyl (C=O) groups excluding carboxylic acids is 2. The zero-order valence-electron chi connectivity index (χ0n) is 14.7. The zero-order chi connectivity index (χ0) is 19.4. The van der Waals surface area contributed by atoms with Gasteiger partial charge < -0.3 is 9.64 Å². The number of para-hydroxylation sites is 1. The van der Waals surface area contributed by atoms with E-state index in [1.807, 2.05) is 31.2 Å². The van der Waals surface area contributed by atoms with E-state index in [-0.39, 0.29) is 24.2 Å². The second-order valence-corrected chi connectivity index (χ2v) is 6.24. The van der Waals surface area contributed by atoms with Crippen LogP contribution in [0.3, 0.4) is 0 Å². The van der Waals surface area contributed by atoms with E-state index in [1.54, 1.807) is 4.90 Å². The van der Waals surface area contributed by atoms with Gasteiger partial charge in [0, 0.05) is 29.9 Å². The number of nitro benzene ring substituents is 1. The molecule has 0 N–H and O–H groups in total. The lowest BCUT2D eigenvalue weighted by atomic mass is 10.1. The number of esters is 1. The van der Waals surface area contributed by atoms with Crippen LogP contribution in [0, 0.1) is 10.1 Å². The van der Waals surface area contributed by atoms with E-state index in [0.29, 0.717) is 5.56 Å². The van der Waals surface area contributed by atoms with Gasteiger partial charge in [0.15, 0.2) is 6.61 Å². The highest BCUT2D eigenvalue weighted by molar-refractivity contribution is 5.98. The molecule has 1 atom stereocenters. The SMILES string of the molecule is CC1Cc2ccccc2N1C(=O)COC(=O)/C=C/c1ccc([N+](=O)[O-])cc1. The molecule has 7 nitrogen and oxygen atoms in total. The van der Waals surface area contributed by atoms with Gasteiger partial charge in [-0.15, -0.1) is 0 Å². The minimum Gasteiger partial charge on any atom is -0.452 e. The largest absolute Gasteiger partial charge is 0.452 e. The zero-order valence-corrected chi connectivity index (χ0v) is 14.7. The van der Waals surface area contributed by atoms with Crippen molar-refractivity contribution >= 4 is 29.3 Å². The number of non-ortho nitro benzene ring substituents is 1. The minimum atomic E-state index is -0.651. The van der Waals surface area contributed by atoms with Crippen LogP contribution in [0.2, 0.25) is 0 Å². The summed E-state index contributed by atoms with van der Waals surface area (Å²) in [6, 6.07) is 13.4. The fourth-order valence-electron chi connectivity index (χ4n) is 3.07. The molecule has 0 bridgehead atoms. The lowest BCUT2D eigenvalue weighted by Crippen LogP contribution is -2.38. The lowest BCUT2D eigenvalue weighted by molar-refractivity contribution is -0.384. The molecule has 1 heterocycles. The Hall–Kier alpha value is -3.48. The maximum Gasteiger partial charge on any atom is 0.331 e. The Kier molecular flexibility index (Phi) is 5.30. The van der Waals surface area contributed by atoms with Crippen molar-refractivity contribution in [2.75, 3.05) is 11.5 Å². The highest BCUT2D eigenvalue weighted by Gasteiger charge is 2.30. The van der Waals surface area contributed by atoms with Gasteiger partial charge in [-0.05, 0) is 48.7 Å². The number of benzene rings is 2. The summed E-state index contributed by atoms with van der Waals surface area (Å²) in [6.07, 6.45) is 3.44. The van der Waals surface area contributed by atoms with Crippen molar-refractivity contribution in [1.29, 1.82) is 0 Å². The first-order chi connectivity index (χ1) is 13.0. The summed E-state index contributed by atoms with van der Waals surface area (Å²) >= 11 is 0. The van der Waals surface area contributed by atoms with Crippen molar-refractivity contribution in [3.63, 3.8) is 0 Å². The van der Waals surface area contributed by atoms with Gasteiger partial charge in [0.05, 0.1) is 4.92 Å². The first-order valence-electron chi connectivity index (χ1n) is 8.45. The highest BCUT2D eigenvalue weighted by Crippen LogP contribution is 2.31. The number of carbonyl (C=O) groups is 2. The summed E-state index contributed by atoms with van der Waals surface area (Å²) in [4.78, 5) is 36.1. The maximum atomic E-state index is 12.5. The van der Waals surface area contributed by atoms with E-state index < -0.39 is 10.9 Å². The Labute approximate surface area is 156 Å². The molecule has 0 radical (unpaired) electrons. The number of ether oxygens (including phenoxy) is 1. The number of nitro groups is 1. The van der Waals surface area contributed by atoms with Crippen LogP contribution < -0.4 is 4.90 Å².